The van der Waals surface area contributed by atoms with Gasteiger partial charge < -0.3 is 69.7 Å². The smallest absolute Gasteiger partial charge is 0.197 e. The van der Waals surface area contributed by atoms with Crippen molar-refractivity contribution in [3.8, 4) is 34.3 Å². The molecule has 5 rings (SSSR count). The highest BCUT2D eigenvalue weighted by Crippen LogP contribution is 2.45. The summed E-state index contributed by atoms with van der Waals surface area (Å²) in [6.07, 6.45) is -15.1. The van der Waals surface area contributed by atoms with Crippen molar-refractivity contribution in [1.82, 2.24) is 0 Å². The Bertz CT molecular complexity index is 1490. The number of ether oxygens (including phenoxy) is 3. The van der Waals surface area contributed by atoms with E-state index in [1.807, 2.05) is 0 Å². The molecule has 0 bridgehead atoms. The van der Waals surface area contributed by atoms with Crippen molar-refractivity contribution >= 4 is 11.0 Å². The molecule has 9 atom stereocenters. The first-order valence-electron chi connectivity index (χ1n) is 12.4. The minimum absolute atomic E-state index is 0.111. The van der Waals surface area contributed by atoms with E-state index in [-0.39, 0.29) is 16.9 Å². The summed E-state index contributed by atoms with van der Waals surface area (Å²) in [6.45, 7) is -1.28. The molecule has 1 aromatic heterocycles. The lowest BCUT2D eigenvalue weighted by Crippen LogP contribution is -2.60. The van der Waals surface area contributed by atoms with Crippen LogP contribution in [0.5, 0.6) is 23.0 Å². The van der Waals surface area contributed by atoms with E-state index in [1.165, 1.54) is 6.07 Å². The van der Waals surface area contributed by atoms with Gasteiger partial charge in [0.05, 0.1) is 18.8 Å². The Kier molecular flexibility index (Phi) is 7.82. The zero-order valence-corrected chi connectivity index (χ0v) is 21.0. The summed E-state index contributed by atoms with van der Waals surface area (Å²) in [4.78, 5) is 13.1. The van der Waals surface area contributed by atoms with Crippen molar-refractivity contribution in [2.75, 3.05) is 13.2 Å². The number of phenols is 4. The number of aromatic hydroxyl groups is 4. The van der Waals surface area contributed by atoms with Crippen molar-refractivity contribution in [2.45, 2.75) is 55.1 Å². The Hall–Kier alpha value is -3.51. The van der Waals surface area contributed by atoms with E-state index in [0.29, 0.717) is 0 Å². The first-order chi connectivity index (χ1) is 19.4. The van der Waals surface area contributed by atoms with Gasteiger partial charge in [-0.2, -0.15) is 0 Å². The number of phenolic OH excluding ortho intramolecular Hbond substituents is 4. The summed E-state index contributed by atoms with van der Waals surface area (Å²) in [5, 5.41) is 102. The Balaban J connectivity index is 1.67. The molecule has 2 saturated heterocycles. The van der Waals surface area contributed by atoms with Crippen LogP contribution >= 0.6 is 0 Å². The van der Waals surface area contributed by atoms with Crippen molar-refractivity contribution in [1.29, 1.82) is 0 Å². The van der Waals surface area contributed by atoms with Crippen LogP contribution in [0.2, 0.25) is 0 Å². The highest BCUT2D eigenvalue weighted by atomic mass is 16.7. The van der Waals surface area contributed by atoms with Gasteiger partial charge in [0.15, 0.2) is 28.8 Å². The molecule has 0 aliphatic carbocycles. The van der Waals surface area contributed by atoms with Crippen molar-refractivity contribution in [3.63, 3.8) is 0 Å². The lowest BCUT2D eigenvalue weighted by Gasteiger charge is -2.45. The first kappa shape index (κ1) is 29.0. The van der Waals surface area contributed by atoms with Crippen LogP contribution < -0.4 is 5.43 Å². The predicted octanol–water partition coefficient (Wildman–Crippen LogP) is -1.74. The van der Waals surface area contributed by atoms with Crippen LogP contribution in [0.25, 0.3) is 22.3 Å². The van der Waals surface area contributed by atoms with Gasteiger partial charge in [-0.25, -0.2) is 0 Å². The minimum atomic E-state index is -1.88. The molecular formula is C26H28O15. The van der Waals surface area contributed by atoms with E-state index in [0.717, 1.165) is 24.3 Å². The molecule has 0 saturated carbocycles. The van der Waals surface area contributed by atoms with Crippen LogP contribution in [0.1, 0.15) is 11.7 Å². The molecule has 0 unspecified atom stereocenters. The molecular weight excluding hydrogens is 552 g/mol. The van der Waals surface area contributed by atoms with Crippen LogP contribution in [-0.2, 0) is 14.2 Å². The monoisotopic (exact) mass is 580 g/mol. The second kappa shape index (κ2) is 11.1. The summed E-state index contributed by atoms with van der Waals surface area (Å²) < 4.78 is 22.6. The summed E-state index contributed by atoms with van der Waals surface area (Å²) >= 11 is 0. The number of aliphatic hydroxyl groups excluding tert-OH is 6. The van der Waals surface area contributed by atoms with E-state index in [4.69, 9.17) is 18.6 Å². The summed E-state index contributed by atoms with van der Waals surface area (Å²) in [7, 11) is 0. The lowest BCUT2D eigenvalue weighted by atomic mass is 9.89. The fraction of sp³-hybridized carbons (Fsp3) is 0.423. The standard InChI is InChI=1S/C26H28O15/c27-6-16-20(35)21(36)25(41-26-22(37)19(34)14(33)7-38-26)24(40-16)18-12(31)4-11(30)17-13(32)5-15(39-23(17)18)8-1-2-9(28)10(29)3-8/h1-5,14,16,19-22,24-31,33-37H,6-7H2/t14-,16-,19-,20-,21+,22+,24+,25-,26+/m1/s1. The number of aliphatic hydroxyl groups is 6. The molecule has 2 fully saturated rings. The normalized spacial score (nSPS) is 32.3. The maximum Gasteiger partial charge on any atom is 0.197 e. The zero-order chi connectivity index (χ0) is 29.7. The topological polar surface area (TPSA) is 260 Å². The third-order valence-corrected chi connectivity index (χ3v) is 7.15. The highest BCUT2D eigenvalue weighted by Gasteiger charge is 2.50. The minimum Gasteiger partial charge on any atom is -0.507 e. The van der Waals surface area contributed by atoms with Crippen molar-refractivity contribution < 1.29 is 69.7 Å². The summed E-state index contributed by atoms with van der Waals surface area (Å²) in [5.41, 5.74) is -1.53. The Morgan fingerprint density at radius 3 is 2.24 bits per heavy atom. The van der Waals surface area contributed by atoms with Gasteiger partial charge in [0.2, 0.25) is 0 Å². The van der Waals surface area contributed by atoms with E-state index >= 15 is 0 Å². The molecule has 15 nitrogen and oxygen atoms in total. The lowest BCUT2D eigenvalue weighted by molar-refractivity contribution is -0.325. The predicted molar refractivity (Wildman–Crippen MR) is 134 cm³/mol. The van der Waals surface area contributed by atoms with Crippen LogP contribution in [0.4, 0.5) is 0 Å². The second-order valence-corrected chi connectivity index (χ2v) is 9.82. The molecule has 0 radical (unpaired) electrons. The van der Waals surface area contributed by atoms with E-state index in [1.54, 1.807) is 0 Å². The first-order valence-corrected chi connectivity index (χ1v) is 12.4. The number of fused-ring (bicyclic) bond motifs is 1. The zero-order valence-electron chi connectivity index (χ0n) is 21.0. The van der Waals surface area contributed by atoms with Crippen LogP contribution in [0.3, 0.4) is 0 Å². The molecule has 2 aromatic carbocycles. The molecule has 15 heteroatoms. The molecule has 3 aromatic rings. The van der Waals surface area contributed by atoms with Gasteiger partial charge in [0, 0.05) is 17.7 Å². The maximum atomic E-state index is 13.1. The van der Waals surface area contributed by atoms with Gasteiger partial charge in [-0.05, 0) is 18.2 Å². The van der Waals surface area contributed by atoms with Crippen molar-refractivity contribution in [2.24, 2.45) is 0 Å². The third kappa shape index (κ3) is 5.07. The van der Waals surface area contributed by atoms with Crippen LogP contribution in [-0.4, -0.2) is 113 Å². The fourth-order valence-electron chi connectivity index (χ4n) is 4.94. The number of benzene rings is 2. The summed E-state index contributed by atoms with van der Waals surface area (Å²) in [6, 6.07) is 5.33. The van der Waals surface area contributed by atoms with E-state index in [9.17, 15) is 55.9 Å². The van der Waals surface area contributed by atoms with Gasteiger partial charge in [-0.3, -0.25) is 4.79 Å². The van der Waals surface area contributed by atoms with Gasteiger partial charge >= 0.3 is 0 Å². The van der Waals surface area contributed by atoms with Gasteiger partial charge in [0.1, 0.15) is 71.5 Å². The van der Waals surface area contributed by atoms with Crippen LogP contribution in [0.15, 0.2) is 39.5 Å². The highest BCUT2D eigenvalue weighted by molar-refractivity contribution is 5.89. The number of hydrogen-bond donors (Lipinski definition) is 10. The Labute approximate surface area is 229 Å². The van der Waals surface area contributed by atoms with Crippen LogP contribution in [0, 0.1) is 0 Å². The van der Waals surface area contributed by atoms with E-state index in [2.05, 4.69) is 0 Å². The quantitative estimate of drug-likeness (QED) is 0.150. The number of hydrogen-bond acceptors (Lipinski definition) is 15. The van der Waals surface area contributed by atoms with Gasteiger partial charge in [-0.15, -0.1) is 0 Å². The fourth-order valence-corrected chi connectivity index (χ4v) is 4.94. The van der Waals surface area contributed by atoms with Gasteiger partial charge in [0.25, 0.3) is 0 Å². The second-order valence-electron chi connectivity index (χ2n) is 9.82. The molecule has 41 heavy (non-hydrogen) atoms. The molecule has 0 amide bonds. The molecule has 10 N–H and O–H groups in total. The Morgan fingerprint density at radius 2 is 1.56 bits per heavy atom. The average molecular weight is 580 g/mol. The largest absolute Gasteiger partial charge is 0.507 e. The molecule has 3 heterocycles. The van der Waals surface area contributed by atoms with Gasteiger partial charge in [-0.1, -0.05) is 0 Å². The average Bonchev–Trinajstić information content (AvgIpc) is 2.93. The molecule has 2 aliphatic heterocycles. The molecule has 222 valence electrons. The molecule has 2 aliphatic rings. The molecule has 0 spiro atoms. The SMILES string of the molecule is O=c1cc(-c2ccc(O)c(O)c2)oc2c([C@@H]3O[C@H](CO)[C@@H](O)[C@H](O)[C@H]3O[C@@H]3OC[C@@H](O)[C@@H](O)[C@@H]3O)c(O)cc(O)c12. The Morgan fingerprint density at radius 1 is 0.829 bits per heavy atom. The maximum absolute atomic E-state index is 13.1. The van der Waals surface area contributed by atoms with Crippen molar-refractivity contribution in [3.05, 3.63) is 46.1 Å². The summed E-state index contributed by atoms with van der Waals surface area (Å²) in [5.74, 6) is -2.57. The third-order valence-electron chi connectivity index (χ3n) is 7.15. The van der Waals surface area contributed by atoms with E-state index < -0.39 is 108 Å². The number of rotatable bonds is 5.